The van der Waals surface area contributed by atoms with Crippen molar-refractivity contribution >= 4 is 17.9 Å². The zero-order valence-corrected chi connectivity index (χ0v) is 25.4. The molecular weight excluding hydrogens is 566 g/mol. The van der Waals surface area contributed by atoms with Crippen LogP contribution < -0.4 is 9.47 Å². The van der Waals surface area contributed by atoms with Crippen molar-refractivity contribution in [2.45, 2.75) is 81.1 Å². The molecule has 2 bridgehead atoms. The summed E-state index contributed by atoms with van der Waals surface area (Å²) in [6.07, 6.45) is 2.33. The maximum absolute atomic E-state index is 13.8. The second kappa shape index (κ2) is 11.9. The first-order chi connectivity index (χ1) is 21.2. The molecule has 0 amide bonds. The lowest BCUT2D eigenvalue weighted by molar-refractivity contribution is -0.176. The lowest BCUT2D eigenvalue weighted by Gasteiger charge is -2.61. The van der Waals surface area contributed by atoms with Crippen molar-refractivity contribution in [3.8, 4) is 11.5 Å². The largest absolute Gasteiger partial charge is 0.493 e. The van der Waals surface area contributed by atoms with Gasteiger partial charge in [0.25, 0.3) is 0 Å². The van der Waals surface area contributed by atoms with Gasteiger partial charge in [0.05, 0.1) is 37.6 Å². The van der Waals surface area contributed by atoms with Crippen LogP contribution in [0.3, 0.4) is 0 Å². The predicted molar refractivity (Wildman–Crippen MR) is 158 cm³/mol. The molecule has 0 unspecified atom stereocenters. The first-order valence-electron chi connectivity index (χ1n) is 15.3. The number of nitrogens with zero attached hydrogens (tertiary/aromatic N) is 1. The number of esters is 3. The van der Waals surface area contributed by atoms with E-state index in [1.807, 2.05) is 26.1 Å². The molecule has 234 valence electrons. The number of ether oxygens (including phenoxy) is 5. The molecule has 1 saturated heterocycles. The number of hydrogen-bond acceptors (Lipinski definition) is 10. The molecule has 0 radical (unpaired) electrons. The van der Waals surface area contributed by atoms with Gasteiger partial charge in [-0.1, -0.05) is 49.7 Å². The highest BCUT2D eigenvalue weighted by Crippen LogP contribution is 2.65. The van der Waals surface area contributed by atoms with Crippen LogP contribution in [-0.4, -0.2) is 73.0 Å². The summed E-state index contributed by atoms with van der Waals surface area (Å²) in [7, 11) is 3.60. The van der Waals surface area contributed by atoms with E-state index in [-0.39, 0.29) is 31.1 Å². The van der Waals surface area contributed by atoms with Crippen LogP contribution in [0.4, 0.5) is 0 Å². The number of benzene rings is 2. The monoisotopic (exact) mass is 605 g/mol. The molecule has 1 fully saturated rings. The summed E-state index contributed by atoms with van der Waals surface area (Å²) in [5.74, 6) is -0.622. The molecule has 0 aromatic heterocycles. The minimum atomic E-state index is -1.37. The van der Waals surface area contributed by atoms with Crippen molar-refractivity contribution < 1.29 is 43.2 Å². The highest BCUT2D eigenvalue weighted by Gasteiger charge is 2.72. The minimum Gasteiger partial charge on any atom is -0.493 e. The number of piperidine rings is 1. The second-order valence-electron chi connectivity index (χ2n) is 12.1. The van der Waals surface area contributed by atoms with E-state index in [0.717, 1.165) is 30.5 Å². The zero-order valence-electron chi connectivity index (χ0n) is 25.4. The molecule has 1 spiro atoms. The molecule has 4 aliphatic rings. The molecule has 0 saturated carbocycles. The summed E-state index contributed by atoms with van der Waals surface area (Å²) in [4.78, 5) is 40.9. The van der Waals surface area contributed by atoms with Gasteiger partial charge in [-0.15, -0.1) is 0 Å². The fourth-order valence-electron chi connectivity index (χ4n) is 7.43. The number of carbonyl (C=O) groups excluding carboxylic acids is 3. The molecular formula is C34H39NO9. The highest BCUT2D eigenvalue weighted by atomic mass is 16.6. The van der Waals surface area contributed by atoms with E-state index in [4.69, 9.17) is 23.7 Å². The highest BCUT2D eigenvalue weighted by molar-refractivity contribution is 5.83. The summed E-state index contributed by atoms with van der Waals surface area (Å²) >= 11 is 0. The second-order valence-corrected chi connectivity index (χ2v) is 12.1. The number of unbranched alkanes of at least 4 members (excludes halogenated alkanes) is 1. The molecule has 1 N–H and O–H groups in total. The number of likely N-dealkylation sites (tertiary alicyclic amines) is 1. The Balaban J connectivity index is 1.26. The van der Waals surface area contributed by atoms with E-state index in [1.165, 1.54) is 0 Å². The van der Waals surface area contributed by atoms with Gasteiger partial charge in [-0.2, -0.15) is 0 Å². The van der Waals surface area contributed by atoms with Crippen molar-refractivity contribution in [2.24, 2.45) is 0 Å². The van der Waals surface area contributed by atoms with Gasteiger partial charge >= 0.3 is 17.9 Å². The van der Waals surface area contributed by atoms with E-state index in [9.17, 15) is 19.5 Å². The molecule has 2 aliphatic heterocycles. The normalized spacial score (nSPS) is 26.9. The van der Waals surface area contributed by atoms with Crippen LogP contribution in [0.2, 0.25) is 0 Å². The fourth-order valence-corrected chi connectivity index (χ4v) is 7.43. The predicted octanol–water partition coefficient (Wildman–Crippen LogP) is 3.92. The lowest BCUT2D eigenvalue weighted by atomic mass is 9.50. The number of hydrogen-bond donors (Lipinski definition) is 1. The summed E-state index contributed by atoms with van der Waals surface area (Å²) in [6, 6.07) is 12.4. The van der Waals surface area contributed by atoms with Crippen molar-refractivity contribution in [1.29, 1.82) is 0 Å². The number of carbonyl (C=O) groups is 3. The molecule has 10 heteroatoms. The third-order valence-corrected chi connectivity index (χ3v) is 9.64. The van der Waals surface area contributed by atoms with Gasteiger partial charge in [0.15, 0.2) is 17.6 Å². The van der Waals surface area contributed by atoms with Gasteiger partial charge in [-0.3, -0.25) is 9.59 Å². The Labute approximate surface area is 256 Å². The van der Waals surface area contributed by atoms with Crippen molar-refractivity contribution in [3.63, 3.8) is 0 Å². The van der Waals surface area contributed by atoms with E-state index < -0.39 is 41.1 Å². The molecule has 2 aromatic rings. The third kappa shape index (κ3) is 4.84. The molecule has 5 atom stereocenters. The van der Waals surface area contributed by atoms with E-state index in [1.54, 1.807) is 43.5 Å². The van der Waals surface area contributed by atoms with Crippen LogP contribution in [0.5, 0.6) is 11.5 Å². The van der Waals surface area contributed by atoms with Gasteiger partial charge in [-0.05, 0) is 50.6 Å². The quantitative estimate of drug-likeness (QED) is 0.229. The fraction of sp³-hybridized carbons (Fsp3) is 0.500. The molecule has 6 rings (SSSR count). The van der Waals surface area contributed by atoms with Crippen molar-refractivity contribution in [2.75, 3.05) is 27.3 Å². The average Bonchev–Trinajstić information content (AvgIpc) is 3.38. The van der Waals surface area contributed by atoms with Crippen molar-refractivity contribution in [1.82, 2.24) is 4.90 Å². The van der Waals surface area contributed by atoms with Crippen LogP contribution in [0.15, 0.2) is 54.3 Å². The molecule has 44 heavy (non-hydrogen) atoms. The Morgan fingerprint density at radius 3 is 2.64 bits per heavy atom. The molecule has 2 aliphatic carbocycles. The molecule has 2 heterocycles. The zero-order chi connectivity index (χ0) is 31.1. The van der Waals surface area contributed by atoms with Crippen LogP contribution in [-0.2, 0) is 40.4 Å². The van der Waals surface area contributed by atoms with E-state index >= 15 is 0 Å². The van der Waals surface area contributed by atoms with Crippen LogP contribution in [0.25, 0.3) is 0 Å². The average molecular weight is 606 g/mol. The maximum atomic E-state index is 13.8. The Hall–Kier alpha value is -3.89. The van der Waals surface area contributed by atoms with E-state index in [2.05, 4.69) is 4.90 Å². The SMILES string of the molecule is CCCCOC(=O)CCC(=O)O[C@H](C(=O)OC1=CC[C@@]2(O)[C@H]3Cc4ccc(OC)c5c4[C@@]2(CCN3C)[C@H]1O5)c1ccccc1. The summed E-state index contributed by atoms with van der Waals surface area (Å²) in [5.41, 5.74) is 0.443. The number of methoxy groups -OCH3 is 1. The maximum Gasteiger partial charge on any atom is 0.357 e. The lowest BCUT2D eigenvalue weighted by Crippen LogP contribution is -2.74. The van der Waals surface area contributed by atoms with Crippen LogP contribution in [0.1, 0.15) is 68.2 Å². The van der Waals surface area contributed by atoms with E-state index in [0.29, 0.717) is 36.5 Å². The third-order valence-electron chi connectivity index (χ3n) is 9.64. The Kier molecular flexibility index (Phi) is 8.15. The number of rotatable bonds is 11. The molecule has 10 nitrogen and oxygen atoms in total. The first-order valence-corrected chi connectivity index (χ1v) is 15.3. The first kappa shape index (κ1) is 30.1. The standard InChI is InChI=1S/C34H39NO9/c1-4-5-19-41-26(36)13-14-27(37)43-29(21-9-7-6-8-10-21)32(38)42-24-15-16-34(39)25-20-22-11-12-23(40-3)30-28(22)33(34,31(24)44-30)17-18-35(25)2/h6-12,15,25,29,31,39H,4-5,13-14,16-20H2,1-3H3/t25-,29+,31+,33+,34-/m1/s1. The number of likely N-dealkylation sites (N-methyl/N-ethyl adjacent to an activating group) is 1. The summed E-state index contributed by atoms with van der Waals surface area (Å²) < 4.78 is 29.0. The number of aliphatic hydroxyl groups is 1. The van der Waals surface area contributed by atoms with Gasteiger partial charge in [0, 0.05) is 23.6 Å². The Bertz CT molecular complexity index is 1470. The Morgan fingerprint density at radius 2 is 1.89 bits per heavy atom. The summed E-state index contributed by atoms with van der Waals surface area (Å²) in [5, 5.41) is 12.4. The topological polar surface area (TPSA) is 121 Å². The van der Waals surface area contributed by atoms with Crippen LogP contribution >= 0.6 is 0 Å². The van der Waals surface area contributed by atoms with Crippen molar-refractivity contribution in [3.05, 3.63) is 71.0 Å². The van der Waals surface area contributed by atoms with Gasteiger partial charge < -0.3 is 33.7 Å². The summed E-state index contributed by atoms with van der Waals surface area (Å²) in [6.45, 7) is 3.02. The molecule has 2 aromatic carbocycles. The Morgan fingerprint density at radius 1 is 1.11 bits per heavy atom. The van der Waals surface area contributed by atoms with Crippen LogP contribution in [0, 0.1) is 0 Å². The smallest absolute Gasteiger partial charge is 0.357 e. The van der Waals surface area contributed by atoms with Gasteiger partial charge in [0.1, 0.15) is 5.76 Å². The minimum absolute atomic E-state index is 0.144. The van der Waals surface area contributed by atoms with Gasteiger partial charge in [-0.25, -0.2) is 4.79 Å². The van der Waals surface area contributed by atoms with Gasteiger partial charge in [0.2, 0.25) is 6.10 Å².